The molecule has 0 bridgehead atoms. The van der Waals surface area contributed by atoms with Crippen molar-refractivity contribution in [1.29, 1.82) is 5.41 Å². The van der Waals surface area contributed by atoms with Crippen LogP contribution in [0.4, 0.5) is 5.69 Å². The summed E-state index contributed by atoms with van der Waals surface area (Å²) in [6.07, 6.45) is 5.11. The average molecular weight is 639 g/mol. The van der Waals surface area contributed by atoms with Crippen LogP contribution in [-0.2, 0) is 5.54 Å². The maximum Gasteiger partial charge on any atom is 0.114 e. The van der Waals surface area contributed by atoms with Gasteiger partial charge >= 0.3 is 0 Å². The second-order valence-electron chi connectivity index (χ2n) is 9.54. The van der Waals surface area contributed by atoms with Gasteiger partial charge in [-0.05, 0) is 66.8 Å². The molecule has 0 amide bonds. The molecular weight excluding hydrogens is 590 g/mol. The molecule has 43 heavy (non-hydrogen) atoms. The van der Waals surface area contributed by atoms with Crippen molar-refractivity contribution >= 4 is 27.3 Å². The predicted molar refractivity (Wildman–Crippen MR) is 192 cm³/mol. The molecule has 3 nitrogen and oxygen atoms in total. The number of rotatable bonds is 11. The van der Waals surface area contributed by atoms with E-state index in [0.717, 1.165) is 56.6 Å². The zero-order chi connectivity index (χ0) is 31.7. The van der Waals surface area contributed by atoms with E-state index in [9.17, 15) is 5.41 Å². The fourth-order valence-electron chi connectivity index (χ4n) is 4.88. The monoisotopic (exact) mass is 637 g/mol. The average Bonchev–Trinajstić information content (AvgIpc) is 3.08. The van der Waals surface area contributed by atoms with Crippen molar-refractivity contribution in [2.24, 2.45) is 0 Å². The number of halogens is 1. The standard InChI is InChI=1S/C35H36BrN3.2C2H6/c1-4-23-38-26(3)24-27(5-2)34(37)32-25-31(36)21-22-33(32)39-35(28-15-9-6-10-16-28,29-17-11-7-12-18-29)30-19-13-8-14-20-30;2*1-2/h5-22,24-25,37-39H,4,23H2,1-3H3;2*1-2H3/b26-24+,27-5+,37-34?;;. The molecule has 0 saturated heterocycles. The Morgan fingerprint density at radius 1 is 0.767 bits per heavy atom. The lowest BCUT2D eigenvalue weighted by molar-refractivity contribution is 0.711. The zero-order valence-corrected chi connectivity index (χ0v) is 28.4. The fraction of sp³-hybridized carbons (Fsp3) is 0.256. The molecule has 226 valence electrons. The Morgan fingerprint density at radius 2 is 1.23 bits per heavy atom. The lowest BCUT2D eigenvalue weighted by Gasteiger charge is -2.38. The van der Waals surface area contributed by atoms with E-state index in [0.29, 0.717) is 5.71 Å². The van der Waals surface area contributed by atoms with Crippen molar-refractivity contribution in [2.45, 2.75) is 60.4 Å². The van der Waals surface area contributed by atoms with Crippen LogP contribution < -0.4 is 10.6 Å². The van der Waals surface area contributed by atoms with Crippen LogP contribution in [0.25, 0.3) is 0 Å². The van der Waals surface area contributed by atoms with Gasteiger partial charge in [-0.15, -0.1) is 0 Å². The molecule has 4 heteroatoms. The third kappa shape index (κ3) is 9.05. The predicted octanol–water partition coefficient (Wildman–Crippen LogP) is 11.1. The smallest absolute Gasteiger partial charge is 0.114 e. The molecule has 0 heterocycles. The minimum atomic E-state index is -0.683. The highest BCUT2D eigenvalue weighted by molar-refractivity contribution is 9.10. The van der Waals surface area contributed by atoms with Gasteiger partial charge in [-0.25, -0.2) is 0 Å². The molecule has 3 N–H and O–H groups in total. The first-order valence-electron chi connectivity index (χ1n) is 15.4. The first-order chi connectivity index (χ1) is 21.0. The van der Waals surface area contributed by atoms with Crippen LogP contribution in [0.1, 0.15) is 77.1 Å². The summed E-state index contributed by atoms with van der Waals surface area (Å²) in [6.45, 7) is 15.1. The number of benzene rings is 4. The Kier molecular flexibility index (Phi) is 15.3. The summed E-state index contributed by atoms with van der Waals surface area (Å²) in [5, 5.41) is 16.7. The molecule has 0 spiro atoms. The highest BCUT2D eigenvalue weighted by Gasteiger charge is 2.37. The molecule has 0 aliphatic carbocycles. The maximum atomic E-state index is 9.32. The van der Waals surface area contributed by atoms with E-state index < -0.39 is 5.54 Å². The van der Waals surface area contributed by atoms with Crippen LogP contribution in [0.2, 0.25) is 0 Å². The summed E-state index contributed by atoms with van der Waals surface area (Å²) in [4.78, 5) is 0. The topological polar surface area (TPSA) is 47.9 Å². The van der Waals surface area contributed by atoms with Crippen molar-refractivity contribution in [3.63, 3.8) is 0 Å². The second kappa shape index (κ2) is 18.6. The first kappa shape index (κ1) is 35.3. The van der Waals surface area contributed by atoms with Crippen LogP contribution >= 0.6 is 15.9 Å². The minimum Gasteiger partial charge on any atom is -0.389 e. The van der Waals surface area contributed by atoms with Gasteiger partial charge in [0, 0.05) is 28.0 Å². The summed E-state index contributed by atoms with van der Waals surface area (Å²) < 4.78 is 0.929. The van der Waals surface area contributed by atoms with Crippen molar-refractivity contribution < 1.29 is 0 Å². The minimum absolute atomic E-state index is 0.460. The Morgan fingerprint density at radius 3 is 1.65 bits per heavy atom. The highest BCUT2D eigenvalue weighted by Crippen LogP contribution is 2.41. The van der Waals surface area contributed by atoms with E-state index in [1.165, 1.54) is 0 Å². The van der Waals surface area contributed by atoms with Crippen LogP contribution in [0, 0.1) is 5.41 Å². The summed E-state index contributed by atoms with van der Waals surface area (Å²) in [5.74, 6) is 0. The van der Waals surface area contributed by atoms with E-state index in [1.807, 2.05) is 71.0 Å². The van der Waals surface area contributed by atoms with E-state index in [-0.39, 0.29) is 0 Å². The van der Waals surface area contributed by atoms with Crippen molar-refractivity contribution in [3.05, 3.63) is 159 Å². The van der Waals surface area contributed by atoms with Gasteiger partial charge < -0.3 is 10.6 Å². The second-order valence-corrected chi connectivity index (χ2v) is 10.5. The van der Waals surface area contributed by atoms with E-state index >= 15 is 0 Å². The van der Waals surface area contributed by atoms with Gasteiger partial charge in [0.05, 0.1) is 5.71 Å². The number of allylic oxidation sites excluding steroid dienone is 4. The van der Waals surface area contributed by atoms with Crippen molar-refractivity contribution in [1.82, 2.24) is 5.32 Å². The molecular formula is C39H48BrN3. The van der Waals surface area contributed by atoms with Gasteiger partial charge in [0.2, 0.25) is 0 Å². The Balaban J connectivity index is 0.00000155. The van der Waals surface area contributed by atoms with Crippen LogP contribution in [0.3, 0.4) is 0 Å². The largest absolute Gasteiger partial charge is 0.389 e. The molecule has 0 unspecified atom stereocenters. The number of hydrogen-bond donors (Lipinski definition) is 3. The molecule has 4 aromatic rings. The number of nitrogens with one attached hydrogen (secondary N) is 3. The molecule has 0 aliphatic heterocycles. The molecule has 0 atom stereocenters. The first-order valence-corrected chi connectivity index (χ1v) is 16.2. The van der Waals surface area contributed by atoms with Gasteiger partial charge in [0.25, 0.3) is 0 Å². The third-order valence-corrected chi connectivity index (χ3v) is 7.31. The zero-order valence-electron chi connectivity index (χ0n) is 26.8. The Labute approximate surface area is 268 Å². The van der Waals surface area contributed by atoms with Gasteiger partial charge in [0.1, 0.15) is 5.54 Å². The van der Waals surface area contributed by atoms with Gasteiger partial charge in [-0.2, -0.15) is 0 Å². The fourth-order valence-corrected chi connectivity index (χ4v) is 5.24. The molecule has 0 aromatic heterocycles. The maximum absolute atomic E-state index is 9.32. The summed E-state index contributed by atoms with van der Waals surface area (Å²) in [6, 6.07) is 37.7. The van der Waals surface area contributed by atoms with Crippen LogP contribution in [0.5, 0.6) is 0 Å². The Bertz CT molecular complexity index is 1350. The number of anilines is 1. The van der Waals surface area contributed by atoms with Crippen molar-refractivity contribution in [2.75, 3.05) is 11.9 Å². The molecule has 0 radical (unpaired) electrons. The van der Waals surface area contributed by atoms with E-state index in [4.69, 9.17) is 0 Å². The quantitative estimate of drug-likeness (QED) is 0.0870. The van der Waals surface area contributed by atoms with E-state index in [1.54, 1.807) is 0 Å². The molecule has 4 aromatic carbocycles. The van der Waals surface area contributed by atoms with Crippen molar-refractivity contribution in [3.8, 4) is 0 Å². The molecule has 0 saturated carbocycles. The lowest BCUT2D eigenvalue weighted by atomic mass is 9.76. The van der Waals surface area contributed by atoms with Gasteiger partial charge in [-0.1, -0.05) is 148 Å². The summed E-state index contributed by atoms with van der Waals surface area (Å²) in [7, 11) is 0. The third-order valence-electron chi connectivity index (χ3n) is 6.82. The Hall–Kier alpha value is -3.89. The molecule has 0 fully saturated rings. The van der Waals surface area contributed by atoms with Crippen LogP contribution in [-0.4, -0.2) is 12.3 Å². The summed E-state index contributed by atoms with van der Waals surface area (Å²) in [5.41, 5.74) is 6.75. The molecule has 4 rings (SSSR count). The van der Waals surface area contributed by atoms with Gasteiger partial charge in [-0.3, -0.25) is 5.41 Å². The number of hydrogen-bond acceptors (Lipinski definition) is 3. The van der Waals surface area contributed by atoms with Gasteiger partial charge in [0.15, 0.2) is 0 Å². The van der Waals surface area contributed by atoms with E-state index in [2.05, 4.69) is 125 Å². The molecule has 0 aliphatic rings. The lowest BCUT2D eigenvalue weighted by Crippen LogP contribution is -2.38. The van der Waals surface area contributed by atoms with Crippen LogP contribution in [0.15, 0.2) is 137 Å². The highest BCUT2D eigenvalue weighted by atomic mass is 79.9. The SMILES string of the molecule is C/C=C(\C=C(/C)NCCC)C(=N)c1cc(Br)ccc1NC(c1ccccc1)(c1ccccc1)c1ccccc1.CC.CC. The normalized spacial score (nSPS) is 11.3. The summed E-state index contributed by atoms with van der Waals surface area (Å²) >= 11 is 3.66.